The molecule has 3 heterocycles. The van der Waals surface area contributed by atoms with Crippen molar-refractivity contribution < 1.29 is 9.31 Å². The monoisotopic (exact) mass is 274 g/mol. The molecule has 108 valence electrons. The van der Waals surface area contributed by atoms with E-state index in [4.69, 9.17) is 9.31 Å². The van der Waals surface area contributed by atoms with E-state index in [1.54, 1.807) is 0 Å². The summed E-state index contributed by atoms with van der Waals surface area (Å²) in [7, 11) is -0.315. The predicted octanol–water partition coefficient (Wildman–Crippen LogP) is 1.59. The summed E-state index contributed by atoms with van der Waals surface area (Å²) in [6.45, 7) is 11.7. The molecule has 0 unspecified atom stereocenters. The lowest BCUT2D eigenvalue weighted by molar-refractivity contribution is 0.00578. The van der Waals surface area contributed by atoms with Crippen molar-refractivity contribution in [3.05, 3.63) is 24.0 Å². The number of aromatic nitrogens is 1. The zero-order valence-corrected chi connectivity index (χ0v) is 12.8. The maximum atomic E-state index is 6.14. The van der Waals surface area contributed by atoms with Crippen LogP contribution in [0.4, 0.5) is 0 Å². The van der Waals surface area contributed by atoms with Gasteiger partial charge in [0.15, 0.2) is 0 Å². The van der Waals surface area contributed by atoms with Gasteiger partial charge in [-0.1, -0.05) is 0 Å². The van der Waals surface area contributed by atoms with E-state index >= 15 is 0 Å². The highest BCUT2D eigenvalue weighted by Crippen LogP contribution is 2.36. The van der Waals surface area contributed by atoms with Crippen molar-refractivity contribution in [2.24, 2.45) is 0 Å². The van der Waals surface area contributed by atoms with Crippen LogP contribution < -0.4 is 5.46 Å². The molecule has 0 amide bonds. The van der Waals surface area contributed by atoms with Gasteiger partial charge in [0.1, 0.15) is 0 Å². The fraction of sp³-hybridized carbons (Fsp3) is 0.667. The Kier molecular flexibility index (Phi) is 3.39. The van der Waals surface area contributed by atoms with E-state index < -0.39 is 0 Å². The van der Waals surface area contributed by atoms with Crippen molar-refractivity contribution in [2.75, 3.05) is 13.1 Å². The fourth-order valence-corrected chi connectivity index (χ4v) is 2.54. The molecule has 2 saturated heterocycles. The second kappa shape index (κ2) is 4.83. The minimum absolute atomic E-state index is 0.304. The molecular weight excluding hydrogens is 251 g/mol. The van der Waals surface area contributed by atoms with Crippen LogP contribution in [-0.2, 0) is 15.9 Å². The summed E-state index contributed by atoms with van der Waals surface area (Å²) in [6, 6.07) is 2.08. The third-order valence-electron chi connectivity index (χ3n) is 4.80. The Balaban J connectivity index is 1.84. The SMILES string of the molecule is CC1(C)OB(c2cnccc2CN2CCC2)OC1(C)C. The van der Waals surface area contributed by atoms with Crippen LogP contribution in [0.5, 0.6) is 0 Å². The molecule has 0 aliphatic carbocycles. The zero-order chi connectivity index (χ0) is 14.4. The van der Waals surface area contributed by atoms with E-state index in [0.29, 0.717) is 0 Å². The van der Waals surface area contributed by atoms with Crippen LogP contribution in [0.2, 0.25) is 0 Å². The zero-order valence-electron chi connectivity index (χ0n) is 12.8. The summed E-state index contributed by atoms with van der Waals surface area (Å²) >= 11 is 0. The molecule has 0 N–H and O–H groups in total. The van der Waals surface area contributed by atoms with Gasteiger partial charge in [0, 0.05) is 24.4 Å². The predicted molar refractivity (Wildman–Crippen MR) is 79.8 cm³/mol. The van der Waals surface area contributed by atoms with Gasteiger partial charge in [-0.05, 0) is 58.8 Å². The van der Waals surface area contributed by atoms with Crippen molar-refractivity contribution in [3.63, 3.8) is 0 Å². The summed E-state index contributed by atoms with van der Waals surface area (Å²) in [5.41, 5.74) is 1.72. The second-order valence-corrected chi connectivity index (χ2v) is 6.79. The van der Waals surface area contributed by atoms with Crippen LogP contribution in [-0.4, -0.2) is 41.3 Å². The third kappa shape index (κ3) is 2.38. The van der Waals surface area contributed by atoms with Crippen molar-refractivity contribution in [2.45, 2.75) is 51.9 Å². The molecule has 0 bridgehead atoms. The topological polar surface area (TPSA) is 34.6 Å². The Morgan fingerprint density at radius 1 is 1.20 bits per heavy atom. The van der Waals surface area contributed by atoms with E-state index in [1.807, 2.05) is 12.4 Å². The Bertz CT molecular complexity index is 484. The highest BCUT2D eigenvalue weighted by atomic mass is 16.7. The molecule has 5 heteroatoms. The van der Waals surface area contributed by atoms with Gasteiger partial charge in [-0.2, -0.15) is 0 Å². The molecular formula is C15H23BN2O2. The standard InChI is InChI=1S/C15H23BN2O2/c1-14(2)15(3,4)20-16(19-14)13-10-17-7-6-12(13)11-18-8-5-9-18/h6-7,10H,5,8-9,11H2,1-4H3. The number of pyridine rings is 1. The first-order valence-electron chi connectivity index (χ1n) is 7.40. The molecule has 1 aromatic heterocycles. The average Bonchev–Trinajstić information content (AvgIpc) is 2.54. The summed E-state index contributed by atoms with van der Waals surface area (Å²) in [5, 5.41) is 0. The van der Waals surface area contributed by atoms with Crippen molar-refractivity contribution in [3.8, 4) is 0 Å². The Morgan fingerprint density at radius 3 is 2.40 bits per heavy atom. The van der Waals surface area contributed by atoms with E-state index in [-0.39, 0.29) is 18.3 Å². The van der Waals surface area contributed by atoms with E-state index in [0.717, 1.165) is 12.0 Å². The maximum Gasteiger partial charge on any atom is 0.496 e. The Labute approximate surface area is 121 Å². The maximum absolute atomic E-state index is 6.14. The normalized spacial score (nSPS) is 24.7. The summed E-state index contributed by atoms with van der Waals surface area (Å²) < 4.78 is 12.3. The van der Waals surface area contributed by atoms with Crippen LogP contribution in [0.3, 0.4) is 0 Å². The van der Waals surface area contributed by atoms with Gasteiger partial charge in [0.05, 0.1) is 11.2 Å². The first-order chi connectivity index (χ1) is 9.39. The van der Waals surface area contributed by atoms with E-state index in [1.165, 1.54) is 25.1 Å². The van der Waals surface area contributed by atoms with Crippen molar-refractivity contribution >= 4 is 12.6 Å². The smallest absolute Gasteiger partial charge is 0.399 e. The largest absolute Gasteiger partial charge is 0.496 e. The molecule has 20 heavy (non-hydrogen) atoms. The summed E-state index contributed by atoms with van der Waals surface area (Å²) in [5.74, 6) is 0. The van der Waals surface area contributed by atoms with Gasteiger partial charge >= 0.3 is 7.12 Å². The molecule has 2 aliphatic rings. The number of hydrogen-bond acceptors (Lipinski definition) is 4. The van der Waals surface area contributed by atoms with Crippen LogP contribution >= 0.6 is 0 Å². The van der Waals surface area contributed by atoms with Crippen LogP contribution in [0, 0.1) is 0 Å². The molecule has 0 radical (unpaired) electrons. The Hall–Kier alpha value is -0.905. The molecule has 4 nitrogen and oxygen atoms in total. The van der Waals surface area contributed by atoms with Gasteiger partial charge in [-0.15, -0.1) is 0 Å². The molecule has 2 fully saturated rings. The fourth-order valence-electron chi connectivity index (χ4n) is 2.54. The van der Waals surface area contributed by atoms with E-state index in [2.05, 4.69) is 43.6 Å². The highest BCUT2D eigenvalue weighted by Gasteiger charge is 2.52. The third-order valence-corrected chi connectivity index (χ3v) is 4.80. The molecule has 2 aliphatic heterocycles. The van der Waals surface area contributed by atoms with Crippen LogP contribution in [0.1, 0.15) is 39.7 Å². The summed E-state index contributed by atoms with van der Waals surface area (Å²) in [4.78, 5) is 6.69. The lowest BCUT2D eigenvalue weighted by Crippen LogP contribution is -2.42. The molecule has 0 spiro atoms. The van der Waals surface area contributed by atoms with Gasteiger partial charge in [-0.3, -0.25) is 9.88 Å². The summed E-state index contributed by atoms with van der Waals surface area (Å²) in [6.07, 6.45) is 5.04. The van der Waals surface area contributed by atoms with Gasteiger partial charge in [0.2, 0.25) is 0 Å². The number of rotatable bonds is 3. The van der Waals surface area contributed by atoms with Crippen LogP contribution in [0.15, 0.2) is 18.5 Å². The quantitative estimate of drug-likeness (QED) is 0.784. The average molecular weight is 274 g/mol. The second-order valence-electron chi connectivity index (χ2n) is 6.79. The van der Waals surface area contributed by atoms with Gasteiger partial charge in [0.25, 0.3) is 0 Å². The van der Waals surface area contributed by atoms with Gasteiger partial charge < -0.3 is 9.31 Å². The van der Waals surface area contributed by atoms with Crippen LogP contribution in [0.25, 0.3) is 0 Å². The molecule has 0 aromatic carbocycles. The number of nitrogens with zero attached hydrogens (tertiary/aromatic N) is 2. The number of likely N-dealkylation sites (tertiary alicyclic amines) is 1. The minimum atomic E-state index is -0.315. The lowest BCUT2D eigenvalue weighted by Gasteiger charge is -2.32. The molecule has 0 atom stereocenters. The van der Waals surface area contributed by atoms with Crippen molar-refractivity contribution in [1.29, 1.82) is 0 Å². The number of hydrogen-bond donors (Lipinski definition) is 0. The van der Waals surface area contributed by atoms with E-state index in [9.17, 15) is 0 Å². The molecule has 0 saturated carbocycles. The van der Waals surface area contributed by atoms with Gasteiger partial charge in [-0.25, -0.2) is 0 Å². The highest BCUT2D eigenvalue weighted by molar-refractivity contribution is 6.62. The lowest BCUT2D eigenvalue weighted by atomic mass is 9.77. The first-order valence-corrected chi connectivity index (χ1v) is 7.40. The van der Waals surface area contributed by atoms with Crippen molar-refractivity contribution in [1.82, 2.24) is 9.88 Å². The minimum Gasteiger partial charge on any atom is -0.399 e. The Morgan fingerprint density at radius 2 is 1.85 bits per heavy atom. The molecule has 3 rings (SSSR count). The first kappa shape index (κ1) is 14.0. The molecule has 1 aromatic rings.